The fourth-order valence-corrected chi connectivity index (χ4v) is 2.85. The third kappa shape index (κ3) is 3.57. The number of nitrogens with zero attached hydrogens (tertiary/aromatic N) is 5. The molecule has 0 unspecified atom stereocenters. The number of imidazole rings is 1. The number of hydrogen-bond acceptors (Lipinski definition) is 8. The number of fused-ring (bicyclic) bond motifs is 1. The SMILES string of the molecule is O=c1cccc(COc2nc(=NC3CC3)n3ncc(=Cc4[nH]c(=O)[nH]c4O)c3n2)[nH]1. The Hall–Kier alpha value is -4.22. The normalized spacial score (nSPS) is 15.2. The Morgan fingerprint density at radius 1 is 1.23 bits per heavy atom. The maximum Gasteiger partial charge on any atom is 0.326 e. The van der Waals surface area contributed by atoms with Crippen LogP contribution in [0.2, 0.25) is 0 Å². The molecule has 30 heavy (non-hydrogen) atoms. The Labute approximate surface area is 166 Å². The van der Waals surface area contributed by atoms with Gasteiger partial charge < -0.3 is 19.8 Å². The number of nitrogens with one attached hydrogen (secondary N) is 3. The first kappa shape index (κ1) is 17.8. The molecule has 0 aliphatic heterocycles. The van der Waals surface area contributed by atoms with E-state index in [1.54, 1.807) is 12.1 Å². The molecule has 1 aliphatic carbocycles. The molecule has 4 aromatic rings. The van der Waals surface area contributed by atoms with Crippen molar-refractivity contribution in [2.45, 2.75) is 25.5 Å². The van der Waals surface area contributed by atoms with Crippen molar-refractivity contribution in [3.63, 3.8) is 0 Å². The van der Waals surface area contributed by atoms with Crippen LogP contribution < -0.4 is 26.8 Å². The molecule has 4 heterocycles. The summed E-state index contributed by atoms with van der Waals surface area (Å²) in [5.74, 6) is -0.291. The number of aromatic hydroxyl groups is 1. The van der Waals surface area contributed by atoms with Crippen molar-refractivity contribution in [1.29, 1.82) is 0 Å². The van der Waals surface area contributed by atoms with E-state index < -0.39 is 5.69 Å². The number of aromatic amines is 3. The van der Waals surface area contributed by atoms with Crippen LogP contribution in [0.4, 0.5) is 0 Å². The van der Waals surface area contributed by atoms with E-state index >= 15 is 0 Å². The Bertz CT molecular complexity index is 1470. The van der Waals surface area contributed by atoms with Crippen LogP contribution in [0.1, 0.15) is 24.2 Å². The predicted octanol–water partition coefficient (Wildman–Crippen LogP) is -1.28. The molecule has 0 spiro atoms. The highest BCUT2D eigenvalue weighted by Crippen LogP contribution is 2.22. The number of H-pyrrole nitrogens is 3. The monoisotopic (exact) mass is 408 g/mol. The smallest absolute Gasteiger partial charge is 0.326 e. The summed E-state index contributed by atoms with van der Waals surface area (Å²) in [6.07, 6.45) is 5.01. The van der Waals surface area contributed by atoms with Gasteiger partial charge in [-0.25, -0.2) is 9.79 Å². The van der Waals surface area contributed by atoms with E-state index in [9.17, 15) is 14.7 Å². The van der Waals surface area contributed by atoms with E-state index in [4.69, 9.17) is 4.74 Å². The van der Waals surface area contributed by atoms with Gasteiger partial charge in [-0.3, -0.25) is 9.78 Å². The molecular weight excluding hydrogens is 392 g/mol. The highest BCUT2D eigenvalue weighted by atomic mass is 16.5. The van der Waals surface area contributed by atoms with Gasteiger partial charge in [0.05, 0.1) is 17.9 Å². The summed E-state index contributed by atoms with van der Waals surface area (Å²) >= 11 is 0. The molecule has 0 amide bonds. The number of ether oxygens (including phenoxy) is 1. The lowest BCUT2D eigenvalue weighted by Gasteiger charge is -2.04. The molecule has 0 saturated heterocycles. The maximum atomic E-state index is 11.5. The third-order valence-electron chi connectivity index (χ3n) is 4.42. The molecule has 4 N–H and O–H groups in total. The zero-order chi connectivity index (χ0) is 20.7. The summed E-state index contributed by atoms with van der Waals surface area (Å²) in [7, 11) is 0. The van der Waals surface area contributed by atoms with Crippen LogP contribution in [-0.2, 0) is 6.61 Å². The van der Waals surface area contributed by atoms with Gasteiger partial charge in [0, 0.05) is 11.3 Å². The average Bonchev–Trinajstić information content (AvgIpc) is 3.35. The molecule has 12 nitrogen and oxygen atoms in total. The van der Waals surface area contributed by atoms with Crippen LogP contribution in [-0.4, -0.2) is 45.7 Å². The minimum Gasteiger partial charge on any atom is -0.493 e. The van der Waals surface area contributed by atoms with Crippen LogP contribution in [0, 0.1) is 0 Å². The molecule has 12 heteroatoms. The van der Waals surface area contributed by atoms with Gasteiger partial charge >= 0.3 is 11.7 Å². The molecule has 4 aromatic heterocycles. The number of rotatable bonds is 5. The number of aromatic nitrogens is 7. The molecule has 0 bridgehead atoms. The zero-order valence-corrected chi connectivity index (χ0v) is 15.5. The zero-order valence-electron chi connectivity index (χ0n) is 15.5. The van der Waals surface area contributed by atoms with E-state index in [0.29, 0.717) is 22.2 Å². The second-order valence-electron chi connectivity index (χ2n) is 6.82. The van der Waals surface area contributed by atoms with Crippen molar-refractivity contribution in [3.8, 4) is 11.9 Å². The lowest BCUT2D eigenvalue weighted by Crippen LogP contribution is -2.24. The Balaban J connectivity index is 1.60. The van der Waals surface area contributed by atoms with Gasteiger partial charge in [0.1, 0.15) is 12.3 Å². The number of pyridine rings is 1. The van der Waals surface area contributed by atoms with Gasteiger partial charge in [-0.2, -0.15) is 19.6 Å². The largest absolute Gasteiger partial charge is 0.493 e. The van der Waals surface area contributed by atoms with E-state index in [1.165, 1.54) is 22.9 Å². The Morgan fingerprint density at radius 2 is 2.10 bits per heavy atom. The molecule has 1 saturated carbocycles. The van der Waals surface area contributed by atoms with Gasteiger partial charge in [-0.1, -0.05) is 6.07 Å². The molecule has 152 valence electrons. The predicted molar refractivity (Wildman–Crippen MR) is 103 cm³/mol. The third-order valence-corrected chi connectivity index (χ3v) is 4.42. The lowest BCUT2D eigenvalue weighted by atomic mass is 10.3. The minimum atomic E-state index is -0.532. The first-order chi connectivity index (χ1) is 14.5. The molecular formula is C18H16N8O4. The topological polar surface area (TPSA) is 166 Å². The lowest BCUT2D eigenvalue weighted by molar-refractivity contribution is 0.274. The van der Waals surface area contributed by atoms with Crippen molar-refractivity contribution in [2.24, 2.45) is 4.99 Å². The van der Waals surface area contributed by atoms with Crippen LogP contribution >= 0.6 is 0 Å². The standard InChI is InChI=1S/C18H16N8O4/c27-13-3-1-2-11(20-13)8-30-18-23-14-9(6-12-15(28)24-17(29)22-12)7-19-26(14)16(25-18)21-10-4-5-10/h1-3,6-7,10,28H,4-5,8H2,(H,20,27)(H2,22,24,29). The molecule has 1 aliphatic rings. The fourth-order valence-electron chi connectivity index (χ4n) is 2.85. The van der Waals surface area contributed by atoms with E-state index in [2.05, 4.69) is 35.0 Å². The first-order valence-corrected chi connectivity index (χ1v) is 9.19. The van der Waals surface area contributed by atoms with Gasteiger partial charge in [-0.05, 0) is 25.0 Å². The second kappa shape index (κ2) is 6.99. The summed E-state index contributed by atoms with van der Waals surface area (Å²) in [5.41, 5.74) is 0.730. The summed E-state index contributed by atoms with van der Waals surface area (Å²) in [6.45, 7) is 0.0637. The Kier molecular flexibility index (Phi) is 4.16. The molecule has 1 fully saturated rings. The van der Waals surface area contributed by atoms with Gasteiger partial charge in [0.25, 0.3) is 5.62 Å². The highest BCUT2D eigenvalue weighted by molar-refractivity contribution is 5.56. The quantitative estimate of drug-likeness (QED) is 0.319. The highest BCUT2D eigenvalue weighted by Gasteiger charge is 2.21. The Morgan fingerprint density at radius 3 is 2.83 bits per heavy atom. The van der Waals surface area contributed by atoms with Gasteiger partial charge in [-0.15, -0.1) is 0 Å². The van der Waals surface area contributed by atoms with E-state index in [-0.39, 0.29) is 35.8 Å². The summed E-state index contributed by atoms with van der Waals surface area (Å²) in [5, 5.41) is 14.6. The van der Waals surface area contributed by atoms with Crippen molar-refractivity contribution < 1.29 is 9.84 Å². The van der Waals surface area contributed by atoms with Crippen LogP contribution in [0.15, 0.2) is 39.0 Å². The van der Waals surface area contributed by atoms with Crippen LogP contribution in [0.5, 0.6) is 11.9 Å². The maximum absolute atomic E-state index is 11.5. The summed E-state index contributed by atoms with van der Waals surface area (Å²) in [4.78, 5) is 43.5. The summed E-state index contributed by atoms with van der Waals surface area (Å²) in [6, 6.07) is 5.01. The number of hydrogen-bond donors (Lipinski definition) is 4. The molecule has 0 atom stereocenters. The van der Waals surface area contributed by atoms with Crippen LogP contribution in [0.3, 0.4) is 0 Å². The van der Waals surface area contributed by atoms with Crippen molar-refractivity contribution >= 4 is 11.7 Å². The van der Waals surface area contributed by atoms with E-state index in [0.717, 1.165) is 12.8 Å². The molecule has 5 rings (SSSR count). The van der Waals surface area contributed by atoms with E-state index in [1.807, 2.05) is 0 Å². The van der Waals surface area contributed by atoms with Crippen molar-refractivity contribution in [2.75, 3.05) is 0 Å². The van der Waals surface area contributed by atoms with Crippen molar-refractivity contribution in [1.82, 2.24) is 34.5 Å². The van der Waals surface area contributed by atoms with Crippen molar-refractivity contribution in [3.05, 3.63) is 67.5 Å². The molecule has 0 radical (unpaired) electrons. The van der Waals surface area contributed by atoms with Gasteiger partial charge in [0.15, 0.2) is 5.65 Å². The van der Waals surface area contributed by atoms with Gasteiger partial charge in [0.2, 0.25) is 11.4 Å². The average molecular weight is 408 g/mol. The van der Waals surface area contributed by atoms with Crippen LogP contribution in [0.25, 0.3) is 11.7 Å². The second-order valence-corrected chi connectivity index (χ2v) is 6.82. The molecule has 0 aromatic carbocycles. The minimum absolute atomic E-state index is 0.0635. The first-order valence-electron chi connectivity index (χ1n) is 9.19. The summed E-state index contributed by atoms with van der Waals surface area (Å²) < 4.78 is 7.15. The fraction of sp³-hybridized carbons (Fsp3) is 0.222.